The zero-order valence-electron chi connectivity index (χ0n) is 15.9. The second kappa shape index (κ2) is 6.88. The lowest BCUT2D eigenvalue weighted by atomic mass is 9.94. The molecule has 0 fully saturated rings. The van der Waals surface area contributed by atoms with Crippen LogP contribution >= 0.6 is 0 Å². The lowest BCUT2D eigenvalue weighted by Gasteiger charge is -2.26. The van der Waals surface area contributed by atoms with Crippen molar-refractivity contribution in [2.45, 2.75) is 32.1 Å². The summed E-state index contributed by atoms with van der Waals surface area (Å²) in [5.74, 6) is 0.610. The Bertz CT molecular complexity index is 960. The van der Waals surface area contributed by atoms with Crippen LogP contribution in [0.25, 0.3) is 0 Å². The number of rotatable bonds is 4. The van der Waals surface area contributed by atoms with Crippen LogP contribution in [0, 0.1) is 5.41 Å². The summed E-state index contributed by atoms with van der Waals surface area (Å²) < 4.78 is 32.9. The molecule has 0 radical (unpaired) electrons. The molecule has 0 aromatic heterocycles. The van der Waals surface area contributed by atoms with E-state index in [1.165, 1.54) is 19.2 Å². The van der Waals surface area contributed by atoms with Crippen molar-refractivity contribution in [3.63, 3.8) is 0 Å². The second-order valence-electron chi connectivity index (χ2n) is 7.58. The van der Waals surface area contributed by atoms with Gasteiger partial charge in [-0.3, -0.25) is 9.52 Å². The number of benzene rings is 2. The Morgan fingerprint density at radius 1 is 1.11 bits per heavy atom. The zero-order valence-corrected chi connectivity index (χ0v) is 16.8. The standard InChI is InChI=1S/C20H24N2O4S/c1-20(2,3)19(23)22-12-11-14-5-6-15(13-18(14)22)21-27(24,25)17-9-7-16(26-4)8-10-17/h5-10,13,21H,11-12H2,1-4H3. The first-order valence-corrected chi connectivity index (χ1v) is 10.2. The number of methoxy groups -OCH3 is 1. The third kappa shape index (κ3) is 3.93. The van der Waals surface area contributed by atoms with Gasteiger partial charge in [0.1, 0.15) is 5.75 Å². The van der Waals surface area contributed by atoms with E-state index in [0.29, 0.717) is 18.0 Å². The van der Waals surface area contributed by atoms with E-state index in [1.54, 1.807) is 29.2 Å². The van der Waals surface area contributed by atoms with Gasteiger partial charge in [0.05, 0.1) is 17.7 Å². The van der Waals surface area contributed by atoms with Gasteiger partial charge in [0.2, 0.25) is 5.91 Å². The molecule has 1 N–H and O–H groups in total. The first-order valence-electron chi connectivity index (χ1n) is 8.73. The largest absolute Gasteiger partial charge is 0.497 e. The number of hydrogen-bond donors (Lipinski definition) is 1. The van der Waals surface area contributed by atoms with Gasteiger partial charge in [-0.25, -0.2) is 8.42 Å². The summed E-state index contributed by atoms with van der Waals surface area (Å²) in [5, 5.41) is 0. The van der Waals surface area contributed by atoms with Crippen LogP contribution in [0.3, 0.4) is 0 Å². The molecule has 2 aromatic rings. The summed E-state index contributed by atoms with van der Waals surface area (Å²) in [6.07, 6.45) is 0.767. The highest BCUT2D eigenvalue weighted by Gasteiger charge is 2.32. The molecular formula is C20H24N2O4S. The molecule has 0 spiro atoms. The molecule has 1 amide bonds. The van der Waals surface area contributed by atoms with Crippen LogP contribution < -0.4 is 14.4 Å². The van der Waals surface area contributed by atoms with Gasteiger partial charge in [0.15, 0.2) is 0 Å². The molecule has 0 bridgehead atoms. The van der Waals surface area contributed by atoms with Gasteiger partial charge >= 0.3 is 0 Å². The molecule has 0 saturated heterocycles. The van der Waals surface area contributed by atoms with Crippen LogP contribution in [0.1, 0.15) is 26.3 Å². The van der Waals surface area contributed by atoms with Crippen molar-refractivity contribution < 1.29 is 17.9 Å². The summed E-state index contributed by atoms with van der Waals surface area (Å²) in [5.41, 5.74) is 1.74. The van der Waals surface area contributed by atoms with Crippen LogP contribution in [0.5, 0.6) is 5.75 Å². The van der Waals surface area contributed by atoms with Crippen molar-refractivity contribution in [3.05, 3.63) is 48.0 Å². The molecular weight excluding hydrogens is 364 g/mol. The minimum Gasteiger partial charge on any atom is -0.497 e. The van der Waals surface area contributed by atoms with E-state index in [4.69, 9.17) is 4.74 Å². The molecule has 144 valence electrons. The number of sulfonamides is 1. The molecule has 0 unspecified atom stereocenters. The quantitative estimate of drug-likeness (QED) is 0.871. The van der Waals surface area contributed by atoms with E-state index >= 15 is 0 Å². The smallest absolute Gasteiger partial charge is 0.261 e. The number of carbonyl (C=O) groups is 1. The monoisotopic (exact) mass is 388 g/mol. The average molecular weight is 388 g/mol. The number of nitrogens with one attached hydrogen (secondary N) is 1. The Hall–Kier alpha value is -2.54. The highest BCUT2D eigenvalue weighted by atomic mass is 32.2. The maximum Gasteiger partial charge on any atom is 0.261 e. The molecule has 1 heterocycles. The maximum atomic E-state index is 12.7. The van der Waals surface area contributed by atoms with E-state index in [2.05, 4.69) is 4.72 Å². The molecule has 0 aliphatic carbocycles. The van der Waals surface area contributed by atoms with E-state index in [0.717, 1.165) is 17.7 Å². The first kappa shape index (κ1) is 19.2. The van der Waals surface area contributed by atoms with Gasteiger partial charge in [-0.1, -0.05) is 26.8 Å². The summed E-state index contributed by atoms with van der Waals surface area (Å²) in [6, 6.07) is 11.5. The Morgan fingerprint density at radius 2 is 1.78 bits per heavy atom. The molecule has 1 aliphatic heterocycles. The Balaban J connectivity index is 1.87. The molecule has 3 rings (SSSR count). The normalized spacial score (nSPS) is 14.0. The van der Waals surface area contributed by atoms with Crippen molar-refractivity contribution in [2.24, 2.45) is 5.41 Å². The van der Waals surface area contributed by atoms with Crippen LogP contribution in [-0.4, -0.2) is 28.0 Å². The van der Waals surface area contributed by atoms with Crippen molar-refractivity contribution in [2.75, 3.05) is 23.3 Å². The number of nitrogens with zero attached hydrogens (tertiary/aromatic N) is 1. The van der Waals surface area contributed by atoms with E-state index in [9.17, 15) is 13.2 Å². The van der Waals surface area contributed by atoms with Crippen LogP contribution in [-0.2, 0) is 21.2 Å². The van der Waals surface area contributed by atoms with Gasteiger partial charge in [-0.05, 0) is 48.4 Å². The highest BCUT2D eigenvalue weighted by Crippen LogP contribution is 2.34. The fourth-order valence-electron chi connectivity index (χ4n) is 3.03. The Labute approximate surface area is 160 Å². The molecule has 7 heteroatoms. The second-order valence-corrected chi connectivity index (χ2v) is 9.26. The van der Waals surface area contributed by atoms with Gasteiger partial charge < -0.3 is 9.64 Å². The van der Waals surface area contributed by atoms with Crippen molar-refractivity contribution in [1.82, 2.24) is 0 Å². The third-order valence-electron chi connectivity index (χ3n) is 4.49. The molecule has 1 aliphatic rings. The predicted molar refractivity (Wildman–Crippen MR) is 106 cm³/mol. The van der Waals surface area contributed by atoms with E-state index in [1.807, 2.05) is 26.8 Å². The lowest BCUT2D eigenvalue weighted by molar-refractivity contribution is -0.125. The number of amides is 1. The summed E-state index contributed by atoms with van der Waals surface area (Å²) >= 11 is 0. The summed E-state index contributed by atoms with van der Waals surface area (Å²) in [7, 11) is -2.21. The number of carbonyl (C=O) groups excluding carboxylic acids is 1. The molecule has 6 nitrogen and oxygen atoms in total. The lowest BCUT2D eigenvalue weighted by Crippen LogP contribution is -2.38. The predicted octanol–water partition coefficient (Wildman–Crippen LogP) is 3.43. The number of hydrogen-bond acceptors (Lipinski definition) is 4. The summed E-state index contributed by atoms with van der Waals surface area (Å²) in [4.78, 5) is 14.6. The minimum atomic E-state index is -3.73. The zero-order chi connectivity index (χ0) is 19.8. The van der Waals surface area contributed by atoms with E-state index < -0.39 is 15.4 Å². The van der Waals surface area contributed by atoms with Crippen LogP contribution in [0.2, 0.25) is 0 Å². The minimum absolute atomic E-state index is 0.0245. The highest BCUT2D eigenvalue weighted by molar-refractivity contribution is 7.92. The average Bonchev–Trinajstić information content (AvgIpc) is 3.03. The number of ether oxygens (including phenoxy) is 1. The fraction of sp³-hybridized carbons (Fsp3) is 0.350. The molecule has 0 saturated carbocycles. The SMILES string of the molecule is COc1ccc(S(=O)(=O)Nc2ccc3c(c2)N(C(=O)C(C)(C)C)CC3)cc1. The van der Waals surface area contributed by atoms with Gasteiger partial charge in [-0.15, -0.1) is 0 Å². The van der Waals surface area contributed by atoms with Crippen molar-refractivity contribution in [3.8, 4) is 5.75 Å². The molecule has 2 aromatic carbocycles. The third-order valence-corrected chi connectivity index (χ3v) is 5.89. The molecule has 27 heavy (non-hydrogen) atoms. The van der Waals surface area contributed by atoms with E-state index in [-0.39, 0.29) is 10.8 Å². The first-order chi connectivity index (χ1) is 12.6. The topological polar surface area (TPSA) is 75.7 Å². The number of anilines is 2. The number of fused-ring (bicyclic) bond motifs is 1. The van der Waals surface area contributed by atoms with Crippen molar-refractivity contribution in [1.29, 1.82) is 0 Å². The Morgan fingerprint density at radius 3 is 2.37 bits per heavy atom. The van der Waals surface area contributed by atoms with Gasteiger partial charge in [-0.2, -0.15) is 0 Å². The maximum absolute atomic E-state index is 12.7. The Kier molecular flexibility index (Phi) is 4.90. The molecule has 0 atom stereocenters. The van der Waals surface area contributed by atoms with Gasteiger partial charge in [0, 0.05) is 17.6 Å². The van der Waals surface area contributed by atoms with Crippen LogP contribution in [0.4, 0.5) is 11.4 Å². The van der Waals surface area contributed by atoms with Gasteiger partial charge in [0.25, 0.3) is 10.0 Å². The van der Waals surface area contributed by atoms with Crippen LogP contribution in [0.15, 0.2) is 47.4 Å². The summed E-state index contributed by atoms with van der Waals surface area (Å²) in [6.45, 7) is 6.25. The fourth-order valence-corrected chi connectivity index (χ4v) is 4.08. The van der Waals surface area contributed by atoms with Crippen molar-refractivity contribution >= 4 is 27.3 Å².